The van der Waals surface area contributed by atoms with Gasteiger partial charge in [0.1, 0.15) is 0 Å². The molecule has 4 nitrogen and oxygen atoms in total. The van der Waals surface area contributed by atoms with E-state index in [0.29, 0.717) is 5.41 Å². The van der Waals surface area contributed by atoms with Crippen LogP contribution in [-0.2, 0) is 4.74 Å². The summed E-state index contributed by atoms with van der Waals surface area (Å²) in [5, 5.41) is 6.48. The van der Waals surface area contributed by atoms with Gasteiger partial charge < -0.3 is 15.4 Å². The lowest BCUT2D eigenvalue weighted by molar-refractivity contribution is 0.105. The van der Waals surface area contributed by atoms with Gasteiger partial charge in [0.2, 0.25) is 0 Å². The van der Waals surface area contributed by atoms with E-state index >= 15 is 0 Å². The molecule has 108 valence electrons. The second-order valence-electron chi connectivity index (χ2n) is 4.83. The van der Waals surface area contributed by atoms with Crippen LogP contribution in [0.1, 0.15) is 39.0 Å². The number of aliphatic imine (C=N–C) groups is 1. The molecule has 0 atom stereocenters. The van der Waals surface area contributed by atoms with Gasteiger partial charge in [0.15, 0.2) is 5.96 Å². The van der Waals surface area contributed by atoms with Crippen LogP contribution in [0.2, 0.25) is 0 Å². The molecular weight excluding hydrogens is 341 g/mol. The van der Waals surface area contributed by atoms with Crippen molar-refractivity contribution in [2.75, 3.05) is 33.9 Å². The monoisotopic (exact) mass is 369 g/mol. The van der Waals surface area contributed by atoms with E-state index in [-0.39, 0.29) is 24.0 Å². The van der Waals surface area contributed by atoms with Crippen molar-refractivity contribution >= 4 is 29.9 Å². The fraction of sp³-hybridized carbons (Fsp3) is 0.923. The van der Waals surface area contributed by atoms with E-state index in [4.69, 9.17) is 4.74 Å². The number of guanidine groups is 1. The van der Waals surface area contributed by atoms with E-state index in [9.17, 15) is 0 Å². The topological polar surface area (TPSA) is 45.6 Å². The summed E-state index contributed by atoms with van der Waals surface area (Å²) in [4.78, 5) is 4.16. The molecule has 1 rings (SSSR count). The first kappa shape index (κ1) is 18.0. The Labute approximate surface area is 128 Å². The molecule has 0 radical (unpaired) electrons. The first-order valence-corrected chi connectivity index (χ1v) is 6.72. The Hall–Kier alpha value is -0.0400. The molecule has 1 aliphatic rings. The first-order chi connectivity index (χ1) is 8.26. The zero-order valence-corrected chi connectivity index (χ0v) is 14.3. The van der Waals surface area contributed by atoms with Gasteiger partial charge in [-0.15, -0.1) is 24.0 Å². The van der Waals surface area contributed by atoms with Crippen molar-refractivity contribution in [1.82, 2.24) is 10.6 Å². The first-order valence-electron chi connectivity index (χ1n) is 6.72. The Morgan fingerprint density at radius 2 is 2.00 bits per heavy atom. The summed E-state index contributed by atoms with van der Waals surface area (Å²) in [6, 6.07) is 0. The lowest BCUT2D eigenvalue weighted by Crippen LogP contribution is -2.42. The number of hydrogen-bond donors (Lipinski definition) is 2. The van der Waals surface area contributed by atoms with E-state index < -0.39 is 0 Å². The molecular formula is C13H28IN3O. The van der Waals surface area contributed by atoms with Gasteiger partial charge in [0, 0.05) is 33.9 Å². The lowest BCUT2D eigenvalue weighted by atomic mass is 9.83. The molecule has 0 bridgehead atoms. The fourth-order valence-electron chi connectivity index (χ4n) is 2.62. The molecule has 0 aliphatic heterocycles. The Morgan fingerprint density at radius 3 is 2.50 bits per heavy atom. The summed E-state index contributed by atoms with van der Waals surface area (Å²) in [5.74, 6) is 0.882. The highest BCUT2D eigenvalue weighted by Gasteiger charge is 2.33. The van der Waals surface area contributed by atoms with Gasteiger partial charge in [-0.1, -0.05) is 12.8 Å². The smallest absolute Gasteiger partial charge is 0.190 e. The predicted molar refractivity (Wildman–Crippen MR) is 87.8 cm³/mol. The van der Waals surface area contributed by atoms with Gasteiger partial charge in [-0.05, 0) is 31.6 Å². The van der Waals surface area contributed by atoms with Crippen LogP contribution in [0.25, 0.3) is 0 Å². The van der Waals surface area contributed by atoms with Gasteiger partial charge in [-0.2, -0.15) is 0 Å². The zero-order valence-electron chi connectivity index (χ0n) is 11.9. The van der Waals surface area contributed by atoms with Crippen molar-refractivity contribution in [2.45, 2.75) is 39.0 Å². The second kappa shape index (κ2) is 9.83. The maximum absolute atomic E-state index is 5.51. The average molecular weight is 369 g/mol. The maximum atomic E-state index is 5.51. The zero-order chi connectivity index (χ0) is 12.6. The van der Waals surface area contributed by atoms with Crippen LogP contribution in [0.5, 0.6) is 0 Å². The largest absolute Gasteiger partial charge is 0.382 e. The van der Waals surface area contributed by atoms with Gasteiger partial charge in [0.05, 0.1) is 0 Å². The number of ether oxygens (including phenoxy) is 1. The van der Waals surface area contributed by atoms with Crippen LogP contribution in [0, 0.1) is 5.41 Å². The normalized spacial score (nSPS) is 18.3. The highest BCUT2D eigenvalue weighted by Crippen LogP contribution is 2.40. The summed E-state index contributed by atoms with van der Waals surface area (Å²) in [6.45, 7) is 4.77. The third kappa shape index (κ3) is 5.73. The van der Waals surface area contributed by atoms with Crippen LogP contribution in [0.3, 0.4) is 0 Å². The third-order valence-corrected chi connectivity index (χ3v) is 3.74. The predicted octanol–water partition coefficient (Wildman–Crippen LogP) is 2.39. The molecule has 5 heteroatoms. The molecule has 1 saturated carbocycles. The molecule has 0 amide bonds. The summed E-state index contributed by atoms with van der Waals surface area (Å²) >= 11 is 0. The minimum Gasteiger partial charge on any atom is -0.382 e. The standard InChI is InChI=1S/C13H27N3O.HI/c1-4-17-10-9-13(7-5-6-8-13)11-16-12(14-2)15-3;/h4-11H2,1-3H3,(H2,14,15,16);1H. The van der Waals surface area contributed by atoms with Gasteiger partial charge in [-0.25, -0.2) is 0 Å². The number of halogens is 1. The van der Waals surface area contributed by atoms with Crippen LogP contribution in [0.15, 0.2) is 4.99 Å². The number of rotatable bonds is 6. The quantitative estimate of drug-likeness (QED) is 0.327. The van der Waals surface area contributed by atoms with E-state index in [1.54, 1.807) is 7.05 Å². The van der Waals surface area contributed by atoms with Crippen molar-refractivity contribution < 1.29 is 4.74 Å². The van der Waals surface area contributed by atoms with E-state index in [1.807, 2.05) is 7.05 Å². The van der Waals surface area contributed by atoms with Crippen molar-refractivity contribution in [3.8, 4) is 0 Å². The van der Waals surface area contributed by atoms with E-state index in [1.165, 1.54) is 25.7 Å². The molecule has 0 heterocycles. The molecule has 1 aliphatic carbocycles. The van der Waals surface area contributed by atoms with Crippen LogP contribution >= 0.6 is 24.0 Å². The van der Waals surface area contributed by atoms with Crippen molar-refractivity contribution in [3.63, 3.8) is 0 Å². The van der Waals surface area contributed by atoms with Crippen LogP contribution < -0.4 is 10.6 Å². The van der Waals surface area contributed by atoms with Crippen molar-refractivity contribution in [2.24, 2.45) is 10.4 Å². The number of nitrogens with one attached hydrogen (secondary N) is 2. The molecule has 2 N–H and O–H groups in total. The number of nitrogens with zero attached hydrogens (tertiary/aromatic N) is 1. The molecule has 0 spiro atoms. The molecule has 0 aromatic heterocycles. The highest BCUT2D eigenvalue weighted by molar-refractivity contribution is 14.0. The van der Waals surface area contributed by atoms with Crippen molar-refractivity contribution in [3.05, 3.63) is 0 Å². The average Bonchev–Trinajstić information content (AvgIpc) is 2.80. The summed E-state index contributed by atoms with van der Waals surface area (Å²) in [5.41, 5.74) is 0.419. The minimum atomic E-state index is 0. The fourth-order valence-corrected chi connectivity index (χ4v) is 2.62. The molecule has 0 unspecified atom stereocenters. The summed E-state index contributed by atoms with van der Waals surface area (Å²) in [6.07, 6.45) is 6.49. The molecule has 1 fully saturated rings. The van der Waals surface area contributed by atoms with Gasteiger partial charge in [0.25, 0.3) is 0 Å². The van der Waals surface area contributed by atoms with Crippen LogP contribution in [0.4, 0.5) is 0 Å². The van der Waals surface area contributed by atoms with E-state index in [2.05, 4.69) is 22.5 Å². The lowest BCUT2D eigenvalue weighted by Gasteiger charge is -2.29. The third-order valence-electron chi connectivity index (χ3n) is 3.74. The Kier molecular flexibility index (Phi) is 9.81. The SMILES string of the molecule is CCOCCC1(CNC(=NC)NC)CCCC1.I. The van der Waals surface area contributed by atoms with Crippen LogP contribution in [-0.4, -0.2) is 39.8 Å². The summed E-state index contributed by atoms with van der Waals surface area (Å²) < 4.78 is 5.51. The molecule has 0 aromatic carbocycles. The molecule has 18 heavy (non-hydrogen) atoms. The molecule has 0 saturated heterocycles. The minimum absolute atomic E-state index is 0. The Balaban J connectivity index is 0.00000289. The molecule has 0 aromatic rings. The van der Waals surface area contributed by atoms with Gasteiger partial charge in [-0.3, -0.25) is 4.99 Å². The summed E-state index contributed by atoms with van der Waals surface area (Å²) in [7, 11) is 3.71. The van der Waals surface area contributed by atoms with Gasteiger partial charge >= 0.3 is 0 Å². The number of hydrogen-bond acceptors (Lipinski definition) is 2. The highest BCUT2D eigenvalue weighted by atomic mass is 127. The van der Waals surface area contributed by atoms with Crippen molar-refractivity contribution in [1.29, 1.82) is 0 Å². The Bertz CT molecular complexity index is 240. The maximum Gasteiger partial charge on any atom is 0.190 e. The Morgan fingerprint density at radius 1 is 1.33 bits per heavy atom. The second-order valence-corrected chi connectivity index (χ2v) is 4.83. The van der Waals surface area contributed by atoms with E-state index in [0.717, 1.165) is 32.1 Å².